The minimum Gasteiger partial charge on any atom is -0.280 e. The van der Waals surface area contributed by atoms with Gasteiger partial charge in [0.1, 0.15) is 0 Å². The standard InChI is InChI=1S/C12H15NO2S.C10H9N.C4H8/c1-4-9-16(14,15)13-12-8-6-5-7-11(12)10(2)3;1-8-6-7-11-10-5-3-2-4-9(8)10;1-3-4-2/h4-9,13H,2H2,1,3H3;2-7H,1H3;3H,1,4H2,2H3/b9-4+;;. The zero-order chi connectivity index (χ0) is 23.3. The van der Waals surface area contributed by atoms with Crippen molar-refractivity contribution in [2.75, 3.05) is 4.72 Å². The summed E-state index contributed by atoms with van der Waals surface area (Å²) < 4.78 is 25.6. The molecule has 1 N–H and O–H groups in total. The Labute approximate surface area is 187 Å². The zero-order valence-corrected chi connectivity index (χ0v) is 19.6. The lowest BCUT2D eigenvalue weighted by molar-refractivity contribution is 0.609. The molecule has 0 aliphatic heterocycles. The first-order valence-electron chi connectivity index (χ1n) is 10.1. The van der Waals surface area contributed by atoms with E-state index >= 15 is 0 Å². The maximum atomic E-state index is 11.5. The molecule has 164 valence electrons. The average molecular weight is 437 g/mol. The van der Waals surface area contributed by atoms with Gasteiger partial charge in [-0.3, -0.25) is 9.71 Å². The smallest absolute Gasteiger partial charge is 0.254 e. The highest BCUT2D eigenvalue weighted by Crippen LogP contribution is 2.23. The molecular formula is C26H32N2O2S. The van der Waals surface area contributed by atoms with E-state index in [2.05, 4.69) is 42.8 Å². The summed E-state index contributed by atoms with van der Waals surface area (Å²) in [4.78, 5) is 4.24. The first-order valence-corrected chi connectivity index (χ1v) is 11.6. The van der Waals surface area contributed by atoms with Crippen molar-refractivity contribution in [1.82, 2.24) is 4.98 Å². The predicted octanol–water partition coefficient (Wildman–Crippen LogP) is 7.12. The Morgan fingerprint density at radius 1 is 1.10 bits per heavy atom. The molecule has 0 fully saturated rings. The predicted molar refractivity (Wildman–Crippen MR) is 135 cm³/mol. The number of hydrogen-bond acceptors (Lipinski definition) is 3. The number of allylic oxidation sites excluding steroid dienone is 3. The average Bonchev–Trinajstić information content (AvgIpc) is 2.74. The van der Waals surface area contributed by atoms with Gasteiger partial charge in [-0.05, 0) is 56.5 Å². The lowest BCUT2D eigenvalue weighted by Gasteiger charge is -2.10. The number of nitrogens with zero attached hydrogens (tertiary/aromatic N) is 1. The third-order valence-electron chi connectivity index (χ3n) is 4.11. The second-order valence-electron chi connectivity index (χ2n) is 6.78. The van der Waals surface area contributed by atoms with Crippen molar-refractivity contribution >= 4 is 32.2 Å². The molecule has 0 atom stereocenters. The highest BCUT2D eigenvalue weighted by molar-refractivity contribution is 7.95. The molecule has 4 nitrogen and oxygen atoms in total. The number of rotatable bonds is 5. The first-order chi connectivity index (χ1) is 14.8. The lowest BCUT2D eigenvalue weighted by Crippen LogP contribution is -2.10. The van der Waals surface area contributed by atoms with Gasteiger partial charge in [0.15, 0.2) is 0 Å². The van der Waals surface area contributed by atoms with Crippen LogP contribution in [0.1, 0.15) is 38.3 Å². The summed E-state index contributed by atoms with van der Waals surface area (Å²) in [7, 11) is -3.41. The topological polar surface area (TPSA) is 59.1 Å². The van der Waals surface area contributed by atoms with Gasteiger partial charge in [-0.25, -0.2) is 8.42 Å². The quantitative estimate of drug-likeness (QED) is 0.433. The fraction of sp³-hybridized carbons (Fsp3) is 0.192. The molecule has 3 aromatic rings. The molecule has 0 aliphatic carbocycles. The van der Waals surface area contributed by atoms with Crippen LogP contribution in [0.3, 0.4) is 0 Å². The monoisotopic (exact) mass is 436 g/mol. The van der Waals surface area contributed by atoms with Gasteiger partial charge < -0.3 is 0 Å². The molecule has 5 heteroatoms. The molecule has 1 heterocycles. The molecule has 0 saturated carbocycles. The number of fused-ring (bicyclic) bond motifs is 1. The molecule has 0 spiro atoms. The first kappa shape index (κ1) is 25.9. The van der Waals surface area contributed by atoms with Crippen molar-refractivity contribution in [2.24, 2.45) is 0 Å². The van der Waals surface area contributed by atoms with E-state index in [1.807, 2.05) is 55.6 Å². The van der Waals surface area contributed by atoms with Crippen LogP contribution in [-0.4, -0.2) is 13.4 Å². The Morgan fingerprint density at radius 2 is 1.71 bits per heavy atom. The summed E-state index contributed by atoms with van der Waals surface area (Å²) in [6, 6.07) is 17.4. The summed E-state index contributed by atoms with van der Waals surface area (Å²) >= 11 is 0. The van der Waals surface area contributed by atoms with E-state index in [1.165, 1.54) is 17.0 Å². The van der Waals surface area contributed by atoms with Crippen LogP contribution in [0.4, 0.5) is 5.69 Å². The number of anilines is 1. The van der Waals surface area contributed by atoms with Crippen LogP contribution in [0.15, 0.2) is 91.5 Å². The van der Waals surface area contributed by atoms with Crippen molar-refractivity contribution in [3.05, 3.63) is 103 Å². The van der Waals surface area contributed by atoms with Crippen molar-refractivity contribution in [3.8, 4) is 0 Å². The van der Waals surface area contributed by atoms with Gasteiger partial charge in [-0.15, -0.1) is 6.58 Å². The van der Waals surface area contributed by atoms with Crippen LogP contribution >= 0.6 is 0 Å². The van der Waals surface area contributed by atoms with E-state index < -0.39 is 10.0 Å². The van der Waals surface area contributed by atoms with E-state index in [0.29, 0.717) is 5.69 Å². The molecule has 0 unspecified atom stereocenters. The van der Waals surface area contributed by atoms with Crippen molar-refractivity contribution in [3.63, 3.8) is 0 Å². The minimum atomic E-state index is -3.41. The molecule has 31 heavy (non-hydrogen) atoms. The van der Waals surface area contributed by atoms with Gasteiger partial charge in [0.25, 0.3) is 10.0 Å². The molecule has 0 radical (unpaired) electrons. The van der Waals surface area contributed by atoms with E-state index in [1.54, 1.807) is 19.1 Å². The summed E-state index contributed by atoms with van der Waals surface area (Å²) in [6.07, 6.45) is 6.28. The number of sulfonamides is 1. The highest BCUT2D eigenvalue weighted by atomic mass is 32.2. The van der Waals surface area contributed by atoms with Gasteiger partial charge >= 0.3 is 0 Å². The Bertz CT molecular complexity index is 1130. The van der Waals surface area contributed by atoms with Gasteiger partial charge in [-0.1, -0.05) is 62.1 Å². The largest absolute Gasteiger partial charge is 0.280 e. The summed E-state index contributed by atoms with van der Waals surface area (Å²) in [5.41, 5.74) is 4.53. The minimum absolute atomic E-state index is 0.549. The van der Waals surface area contributed by atoms with Crippen LogP contribution < -0.4 is 4.72 Å². The lowest BCUT2D eigenvalue weighted by atomic mass is 10.1. The molecule has 0 aliphatic rings. The van der Waals surface area contributed by atoms with Gasteiger partial charge in [-0.2, -0.15) is 0 Å². The van der Waals surface area contributed by atoms with Gasteiger partial charge in [0.05, 0.1) is 11.2 Å². The molecule has 3 rings (SSSR count). The molecule has 1 aromatic heterocycles. The van der Waals surface area contributed by atoms with Crippen molar-refractivity contribution in [1.29, 1.82) is 0 Å². The van der Waals surface area contributed by atoms with E-state index in [9.17, 15) is 8.42 Å². The summed E-state index contributed by atoms with van der Waals surface area (Å²) in [5.74, 6) is 0. The van der Waals surface area contributed by atoms with Crippen molar-refractivity contribution < 1.29 is 8.42 Å². The third kappa shape index (κ3) is 9.01. The SMILES string of the molecule is C=C(C)c1ccccc1NS(=O)(=O)/C=C/C.C=CCC.Cc1ccnc2ccccc12. The Hall–Kier alpha value is -3.18. The number of aryl methyl sites for hydroxylation is 1. The number of aromatic nitrogens is 1. The fourth-order valence-corrected chi connectivity index (χ4v) is 3.46. The number of nitrogens with one attached hydrogen (secondary N) is 1. The Morgan fingerprint density at radius 3 is 2.29 bits per heavy atom. The summed E-state index contributed by atoms with van der Waals surface area (Å²) in [6.45, 7) is 14.9. The zero-order valence-electron chi connectivity index (χ0n) is 18.8. The highest BCUT2D eigenvalue weighted by Gasteiger charge is 2.08. The van der Waals surface area contributed by atoms with Crippen LogP contribution in [0.5, 0.6) is 0 Å². The number of benzene rings is 2. The fourth-order valence-electron chi connectivity index (χ4n) is 2.55. The van der Waals surface area contributed by atoms with Crippen LogP contribution in [0.2, 0.25) is 0 Å². The second-order valence-corrected chi connectivity index (χ2v) is 8.35. The molecule has 0 amide bonds. The number of para-hydroxylation sites is 2. The number of hydrogen-bond donors (Lipinski definition) is 1. The Balaban J connectivity index is 0.000000276. The Kier molecular flexibility index (Phi) is 11.0. The molecule has 0 saturated heterocycles. The van der Waals surface area contributed by atoms with E-state index in [-0.39, 0.29) is 0 Å². The maximum Gasteiger partial charge on any atom is 0.254 e. The van der Waals surface area contributed by atoms with Crippen LogP contribution in [-0.2, 0) is 10.0 Å². The van der Waals surface area contributed by atoms with Gasteiger partial charge in [0, 0.05) is 22.6 Å². The third-order valence-corrected chi connectivity index (χ3v) is 5.24. The van der Waals surface area contributed by atoms with Gasteiger partial charge in [0.2, 0.25) is 0 Å². The maximum absolute atomic E-state index is 11.5. The van der Waals surface area contributed by atoms with Crippen LogP contribution in [0.25, 0.3) is 16.5 Å². The number of pyridine rings is 1. The normalized spacial score (nSPS) is 10.5. The molecular weight excluding hydrogens is 404 g/mol. The van der Waals surface area contributed by atoms with Crippen molar-refractivity contribution in [2.45, 2.75) is 34.1 Å². The molecule has 0 bridgehead atoms. The summed E-state index contributed by atoms with van der Waals surface area (Å²) in [5, 5.41) is 2.37. The van der Waals surface area contributed by atoms with Crippen LogP contribution in [0, 0.1) is 6.92 Å². The van der Waals surface area contributed by atoms with E-state index in [4.69, 9.17) is 0 Å². The van der Waals surface area contributed by atoms with E-state index in [0.717, 1.165) is 28.5 Å². The molecule has 2 aromatic carbocycles. The second kappa shape index (κ2) is 13.2.